The third kappa shape index (κ3) is 3.08. The van der Waals surface area contributed by atoms with E-state index < -0.39 is 4.92 Å². The van der Waals surface area contributed by atoms with Crippen molar-refractivity contribution in [2.75, 3.05) is 0 Å². The van der Waals surface area contributed by atoms with Gasteiger partial charge in [0.1, 0.15) is 5.75 Å². The number of para-hydroxylation sites is 2. The second-order valence-electron chi connectivity index (χ2n) is 4.18. The fourth-order valence-corrected chi connectivity index (χ4v) is 1.66. The molecule has 2 aromatic rings. The second kappa shape index (κ2) is 5.49. The number of hydrogen-bond acceptors (Lipinski definition) is 4. The van der Waals surface area contributed by atoms with Crippen LogP contribution in [0.1, 0.15) is 18.5 Å². The molecular weight excluding hydrogens is 244 g/mol. The van der Waals surface area contributed by atoms with Crippen LogP contribution in [-0.4, -0.2) is 4.92 Å². The highest BCUT2D eigenvalue weighted by Crippen LogP contribution is 2.31. The van der Waals surface area contributed by atoms with E-state index in [2.05, 4.69) is 0 Å². The van der Waals surface area contributed by atoms with Crippen LogP contribution in [0.5, 0.6) is 11.5 Å². The maximum Gasteiger partial charge on any atom is 0.311 e. The molecule has 0 heterocycles. The third-order valence-electron chi connectivity index (χ3n) is 2.70. The van der Waals surface area contributed by atoms with Crippen molar-refractivity contribution < 1.29 is 9.66 Å². The van der Waals surface area contributed by atoms with Crippen LogP contribution >= 0.6 is 0 Å². The highest BCUT2D eigenvalue weighted by molar-refractivity contribution is 5.48. The van der Waals surface area contributed by atoms with Crippen molar-refractivity contribution in [3.63, 3.8) is 0 Å². The van der Waals surface area contributed by atoms with Crippen molar-refractivity contribution in [1.82, 2.24) is 0 Å². The number of nitro groups is 1. The Morgan fingerprint density at radius 2 is 1.79 bits per heavy atom. The molecule has 5 heteroatoms. The maximum absolute atomic E-state index is 10.9. The van der Waals surface area contributed by atoms with E-state index in [1.165, 1.54) is 6.07 Å². The predicted molar refractivity (Wildman–Crippen MR) is 72.2 cm³/mol. The molecule has 0 fully saturated rings. The van der Waals surface area contributed by atoms with E-state index >= 15 is 0 Å². The summed E-state index contributed by atoms with van der Waals surface area (Å²) in [5.74, 6) is 0.764. The summed E-state index contributed by atoms with van der Waals surface area (Å²) in [7, 11) is 0. The first-order valence-electron chi connectivity index (χ1n) is 5.85. The standard InChI is InChI=1S/C14H14N2O3/c1-10(15)11-6-8-12(9-7-11)19-14-5-3-2-4-13(14)16(17)18/h2-10H,15H2,1H3/t10-/m1/s1. The molecule has 0 aromatic heterocycles. The second-order valence-corrected chi connectivity index (χ2v) is 4.18. The molecule has 0 aliphatic rings. The number of nitro benzene ring substituents is 1. The molecule has 0 radical (unpaired) electrons. The zero-order valence-electron chi connectivity index (χ0n) is 10.4. The number of benzene rings is 2. The molecule has 0 amide bonds. The number of hydrogen-bond donors (Lipinski definition) is 1. The van der Waals surface area contributed by atoms with Gasteiger partial charge in [-0.2, -0.15) is 0 Å². The van der Waals surface area contributed by atoms with E-state index in [0.717, 1.165) is 5.56 Å². The summed E-state index contributed by atoms with van der Waals surface area (Å²) in [4.78, 5) is 10.4. The van der Waals surface area contributed by atoms with E-state index in [4.69, 9.17) is 10.5 Å². The number of rotatable bonds is 4. The lowest BCUT2D eigenvalue weighted by Gasteiger charge is -2.08. The molecule has 19 heavy (non-hydrogen) atoms. The summed E-state index contributed by atoms with van der Waals surface area (Å²) in [6.07, 6.45) is 0. The van der Waals surface area contributed by atoms with Gasteiger partial charge >= 0.3 is 5.69 Å². The SMILES string of the molecule is C[C@@H](N)c1ccc(Oc2ccccc2[N+](=O)[O-])cc1. The molecule has 0 unspecified atom stereocenters. The normalized spacial score (nSPS) is 11.9. The Kier molecular flexibility index (Phi) is 3.77. The van der Waals surface area contributed by atoms with Crippen LogP contribution in [0, 0.1) is 10.1 Å². The molecule has 98 valence electrons. The van der Waals surface area contributed by atoms with Crippen LogP contribution in [0.25, 0.3) is 0 Å². The van der Waals surface area contributed by atoms with E-state index in [0.29, 0.717) is 5.75 Å². The molecule has 0 saturated heterocycles. The van der Waals surface area contributed by atoms with Gasteiger partial charge in [0.05, 0.1) is 4.92 Å². The molecule has 0 saturated carbocycles. The molecule has 5 nitrogen and oxygen atoms in total. The molecular formula is C14H14N2O3. The molecule has 0 bridgehead atoms. The predicted octanol–water partition coefficient (Wildman–Crippen LogP) is 3.41. The average Bonchev–Trinajstić information content (AvgIpc) is 2.39. The van der Waals surface area contributed by atoms with Crippen molar-refractivity contribution in [2.24, 2.45) is 5.73 Å². The van der Waals surface area contributed by atoms with Gasteiger partial charge in [0.2, 0.25) is 5.75 Å². The number of nitrogens with two attached hydrogens (primary N) is 1. The minimum absolute atomic E-state index is 0.0555. The van der Waals surface area contributed by atoms with Crippen LogP contribution in [0.15, 0.2) is 48.5 Å². The summed E-state index contributed by atoms with van der Waals surface area (Å²) in [5, 5.41) is 10.9. The van der Waals surface area contributed by atoms with Crippen molar-refractivity contribution in [2.45, 2.75) is 13.0 Å². The Morgan fingerprint density at radius 1 is 1.16 bits per heavy atom. The van der Waals surface area contributed by atoms with Gasteiger partial charge in [-0.3, -0.25) is 10.1 Å². The van der Waals surface area contributed by atoms with Crippen LogP contribution < -0.4 is 10.5 Å². The molecule has 0 aliphatic carbocycles. The fraction of sp³-hybridized carbons (Fsp3) is 0.143. The first kappa shape index (κ1) is 13.0. The monoisotopic (exact) mass is 258 g/mol. The van der Waals surface area contributed by atoms with Gasteiger partial charge in [0.25, 0.3) is 0 Å². The Balaban J connectivity index is 2.24. The minimum Gasteiger partial charge on any atom is -0.450 e. The van der Waals surface area contributed by atoms with E-state index in [1.54, 1.807) is 30.3 Å². The minimum atomic E-state index is -0.467. The molecule has 2 aromatic carbocycles. The molecule has 2 N–H and O–H groups in total. The summed E-state index contributed by atoms with van der Waals surface area (Å²) in [6.45, 7) is 1.89. The van der Waals surface area contributed by atoms with Crippen molar-refractivity contribution in [3.05, 3.63) is 64.2 Å². The lowest BCUT2D eigenvalue weighted by Crippen LogP contribution is -2.04. The largest absolute Gasteiger partial charge is 0.450 e. The van der Waals surface area contributed by atoms with Crippen LogP contribution in [-0.2, 0) is 0 Å². The zero-order chi connectivity index (χ0) is 13.8. The fourth-order valence-electron chi connectivity index (χ4n) is 1.66. The highest BCUT2D eigenvalue weighted by atomic mass is 16.6. The van der Waals surface area contributed by atoms with Gasteiger partial charge < -0.3 is 10.5 Å². The van der Waals surface area contributed by atoms with Gasteiger partial charge in [0.15, 0.2) is 0 Å². The number of nitrogens with zero attached hydrogens (tertiary/aromatic N) is 1. The summed E-state index contributed by atoms with van der Waals surface area (Å²) < 4.78 is 5.52. The van der Waals surface area contributed by atoms with Gasteiger partial charge in [-0.05, 0) is 30.7 Å². The lowest BCUT2D eigenvalue weighted by atomic mass is 10.1. The van der Waals surface area contributed by atoms with Crippen molar-refractivity contribution >= 4 is 5.69 Å². The highest BCUT2D eigenvalue weighted by Gasteiger charge is 2.14. The Bertz CT molecular complexity index is 579. The maximum atomic E-state index is 10.9. The Labute approximate surface area is 110 Å². The Hall–Kier alpha value is -2.40. The van der Waals surface area contributed by atoms with Gasteiger partial charge in [-0.15, -0.1) is 0 Å². The molecule has 0 aliphatic heterocycles. The summed E-state index contributed by atoms with van der Waals surface area (Å²) in [6, 6.07) is 13.4. The number of ether oxygens (including phenoxy) is 1. The molecule has 0 spiro atoms. The van der Waals surface area contributed by atoms with E-state index in [9.17, 15) is 10.1 Å². The van der Waals surface area contributed by atoms with Gasteiger partial charge in [0, 0.05) is 12.1 Å². The third-order valence-corrected chi connectivity index (χ3v) is 2.70. The zero-order valence-corrected chi connectivity index (χ0v) is 10.4. The van der Waals surface area contributed by atoms with E-state index in [-0.39, 0.29) is 17.5 Å². The van der Waals surface area contributed by atoms with Crippen molar-refractivity contribution in [1.29, 1.82) is 0 Å². The van der Waals surface area contributed by atoms with E-state index in [1.807, 2.05) is 19.1 Å². The first-order chi connectivity index (χ1) is 9.08. The van der Waals surface area contributed by atoms with Gasteiger partial charge in [-0.1, -0.05) is 24.3 Å². The first-order valence-corrected chi connectivity index (χ1v) is 5.85. The van der Waals surface area contributed by atoms with Crippen LogP contribution in [0.4, 0.5) is 5.69 Å². The average molecular weight is 258 g/mol. The quantitative estimate of drug-likeness (QED) is 0.673. The lowest BCUT2D eigenvalue weighted by molar-refractivity contribution is -0.385. The Morgan fingerprint density at radius 3 is 2.37 bits per heavy atom. The smallest absolute Gasteiger partial charge is 0.311 e. The summed E-state index contributed by atoms with van der Waals surface area (Å²) in [5.41, 5.74) is 6.67. The molecule has 2 rings (SSSR count). The molecule has 1 atom stereocenters. The van der Waals surface area contributed by atoms with Crippen molar-refractivity contribution in [3.8, 4) is 11.5 Å². The van der Waals surface area contributed by atoms with Gasteiger partial charge in [-0.25, -0.2) is 0 Å². The van der Waals surface area contributed by atoms with Crippen LogP contribution in [0.2, 0.25) is 0 Å². The topological polar surface area (TPSA) is 78.4 Å². The van der Waals surface area contributed by atoms with Crippen LogP contribution in [0.3, 0.4) is 0 Å². The summed E-state index contributed by atoms with van der Waals surface area (Å²) >= 11 is 0.